The minimum atomic E-state index is -0.681. The van der Waals surface area contributed by atoms with Gasteiger partial charge in [0.25, 0.3) is 17.4 Å². The normalized spacial score (nSPS) is 10.6. The van der Waals surface area contributed by atoms with Gasteiger partial charge in [-0.3, -0.25) is 25.2 Å². The SMILES string of the molecule is CCn1nc(C(=O)NNC(=O)COc2ccc(F)cc2Br)c2ccccc2c1=O. The number of hydrogen-bond donors (Lipinski definition) is 2. The molecule has 0 fully saturated rings. The molecular weight excluding hydrogens is 447 g/mol. The molecule has 0 saturated heterocycles. The monoisotopic (exact) mass is 462 g/mol. The Morgan fingerprint density at radius 2 is 1.90 bits per heavy atom. The Labute approximate surface area is 172 Å². The number of amides is 2. The van der Waals surface area contributed by atoms with Gasteiger partial charge in [-0.15, -0.1) is 0 Å². The Balaban J connectivity index is 1.68. The summed E-state index contributed by atoms with van der Waals surface area (Å²) < 4.78 is 19.9. The first kappa shape index (κ1) is 20.5. The fourth-order valence-electron chi connectivity index (χ4n) is 2.57. The highest BCUT2D eigenvalue weighted by Crippen LogP contribution is 2.25. The first-order valence-electron chi connectivity index (χ1n) is 8.57. The highest BCUT2D eigenvalue weighted by molar-refractivity contribution is 9.10. The Hall–Kier alpha value is -3.27. The van der Waals surface area contributed by atoms with E-state index in [-0.39, 0.29) is 23.5 Å². The lowest BCUT2D eigenvalue weighted by Gasteiger charge is -2.11. The Morgan fingerprint density at radius 1 is 1.17 bits per heavy atom. The molecule has 2 aromatic carbocycles. The summed E-state index contributed by atoms with van der Waals surface area (Å²) in [5, 5.41) is 4.81. The third kappa shape index (κ3) is 4.60. The van der Waals surface area contributed by atoms with Gasteiger partial charge in [-0.05, 0) is 47.1 Å². The van der Waals surface area contributed by atoms with E-state index in [4.69, 9.17) is 4.74 Å². The Kier molecular flexibility index (Phi) is 6.23. The minimum absolute atomic E-state index is 0.00421. The molecule has 3 aromatic rings. The van der Waals surface area contributed by atoms with E-state index in [1.165, 1.54) is 22.9 Å². The van der Waals surface area contributed by atoms with Crippen molar-refractivity contribution in [1.82, 2.24) is 20.6 Å². The molecule has 1 aromatic heterocycles. The Morgan fingerprint density at radius 3 is 2.59 bits per heavy atom. The molecule has 1 heterocycles. The second-order valence-electron chi connectivity index (χ2n) is 5.88. The van der Waals surface area contributed by atoms with Crippen LogP contribution in [0.5, 0.6) is 5.75 Å². The molecule has 0 aliphatic carbocycles. The Bertz CT molecular complexity index is 1150. The zero-order chi connectivity index (χ0) is 21.0. The number of nitrogens with zero attached hydrogens (tertiary/aromatic N) is 2. The highest BCUT2D eigenvalue weighted by Gasteiger charge is 2.17. The van der Waals surface area contributed by atoms with Gasteiger partial charge in [0.05, 0.1) is 9.86 Å². The maximum Gasteiger partial charge on any atom is 0.290 e. The van der Waals surface area contributed by atoms with Gasteiger partial charge in [-0.1, -0.05) is 18.2 Å². The van der Waals surface area contributed by atoms with Crippen LogP contribution in [0.25, 0.3) is 10.8 Å². The van der Waals surface area contributed by atoms with E-state index in [1.807, 2.05) is 0 Å². The standard InChI is InChI=1S/C19H16BrFN4O4/c1-2-25-19(28)13-6-4-3-5-12(13)17(24-25)18(27)23-22-16(26)10-29-15-8-7-11(21)9-14(15)20/h3-9H,2,10H2,1H3,(H,22,26)(H,23,27). The van der Waals surface area contributed by atoms with Gasteiger partial charge in [0, 0.05) is 11.9 Å². The van der Waals surface area contributed by atoms with Crippen LogP contribution in [0.3, 0.4) is 0 Å². The third-order valence-corrected chi connectivity index (χ3v) is 4.57. The average Bonchev–Trinajstić information content (AvgIpc) is 2.72. The van der Waals surface area contributed by atoms with Crippen molar-refractivity contribution in [2.24, 2.45) is 0 Å². The van der Waals surface area contributed by atoms with Crippen molar-refractivity contribution in [2.45, 2.75) is 13.5 Å². The van der Waals surface area contributed by atoms with Crippen LogP contribution >= 0.6 is 15.9 Å². The van der Waals surface area contributed by atoms with E-state index < -0.39 is 24.2 Å². The number of hydrazine groups is 1. The number of fused-ring (bicyclic) bond motifs is 1. The van der Waals surface area contributed by atoms with Gasteiger partial charge in [0.15, 0.2) is 12.3 Å². The molecule has 8 nitrogen and oxygen atoms in total. The van der Waals surface area contributed by atoms with Crippen molar-refractivity contribution in [3.63, 3.8) is 0 Å². The van der Waals surface area contributed by atoms with E-state index in [0.717, 1.165) is 0 Å². The molecule has 2 amide bonds. The fraction of sp³-hybridized carbons (Fsp3) is 0.158. The van der Waals surface area contributed by atoms with Gasteiger partial charge in [0.2, 0.25) is 0 Å². The number of aryl methyl sites for hydroxylation is 1. The summed E-state index contributed by atoms with van der Waals surface area (Å²) in [6.45, 7) is 1.61. The van der Waals surface area contributed by atoms with Gasteiger partial charge >= 0.3 is 0 Å². The molecular formula is C19H16BrFN4O4. The van der Waals surface area contributed by atoms with Crippen LogP contribution < -0.4 is 21.1 Å². The summed E-state index contributed by atoms with van der Waals surface area (Å²) in [5.41, 5.74) is 4.17. The molecule has 29 heavy (non-hydrogen) atoms. The number of rotatable bonds is 5. The summed E-state index contributed by atoms with van der Waals surface area (Å²) in [6, 6.07) is 10.4. The van der Waals surface area contributed by atoms with E-state index in [2.05, 4.69) is 31.9 Å². The van der Waals surface area contributed by atoms with Gasteiger partial charge in [-0.25, -0.2) is 9.07 Å². The highest BCUT2D eigenvalue weighted by atomic mass is 79.9. The molecule has 0 saturated carbocycles. The number of hydrogen-bond acceptors (Lipinski definition) is 5. The summed E-state index contributed by atoms with van der Waals surface area (Å²) >= 11 is 3.13. The van der Waals surface area contributed by atoms with Crippen molar-refractivity contribution in [3.8, 4) is 5.75 Å². The number of carbonyl (C=O) groups is 2. The van der Waals surface area contributed by atoms with Crippen LogP contribution in [0.2, 0.25) is 0 Å². The number of nitrogens with one attached hydrogen (secondary N) is 2. The van der Waals surface area contributed by atoms with Crippen molar-refractivity contribution in [2.75, 3.05) is 6.61 Å². The fourth-order valence-corrected chi connectivity index (χ4v) is 3.04. The lowest BCUT2D eigenvalue weighted by Crippen LogP contribution is -2.44. The lowest BCUT2D eigenvalue weighted by atomic mass is 10.1. The first-order chi connectivity index (χ1) is 13.9. The smallest absolute Gasteiger partial charge is 0.290 e. The number of ether oxygens (including phenoxy) is 1. The number of halogens is 2. The molecule has 0 spiro atoms. The summed E-state index contributed by atoms with van der Waals surface area (Å²) in [7, 11) is 0. The van der Waals surface area contributed by atoms with Crippen LogP contribution in [-0.4, -0.2) is 28.2 Å². The van der Waals surface area contributed by atoms with Gasteiger partial charge < -0.3 is 4.74 Å². The first-order valence-corrected chi connectivity index (χ1v) is 9.37. The van der Waals surface area contributed by atoms with Crippen molar-refractivity contribution in [1.29, 1.82) is 0 Å². The topological polar surface area (TPSA) is 102 Å². The summed E-state index contributed by atoms with van der Waals surface area (Å²) in [5.74, 6) is -1.49. The van der Waals surface area contributed by atoms with Crippen LogP contribution in [0.1, 0.15) is 17.4 Å². The molecule has 0 bridgehead atoms. The molecule has 150 valence electrons. The van der Waals surface area contributed by atoms with Crippen LogP contribution in [0.4, 0.5) is 4.39 Å². The van der Waals surface area contributed by atoms with E-state index in [0.29, 0.717) is 15.2 Å². The van der Waals surface area contributed by atoms with Crippen LogP contribution in [0.15, 0.2) is 51.7 Å². The molecule has 0 aliphatic rings. The largest absolute Gasteiger partial charge is 0.483 e. The molecule has 3 rings (SSSR count). The summed E-state index contributed by atoms with van der Waals surface area (Å²) in [4.78, 5) is 36.8. The van der Waals surface area contributed by atoms with E-state index in [9.17, 15) is 18.8 Å². The molecule has 10 heteroatoms. The predicted octanol–water partition coefficient (Wildman–Crippen LogP) is 2.16. The minimum Gasteiger partial charge on any atom is -0.483 e. The molecule has 0 radical (unpaired) electrons. The molecule has 0 aliphatic heterocycles. The zero-order valence-electron chi connectivity index (χ0n) is 15.2. The van der Waals surface area contributed by atoms with E-state index >= 15 is 0 Å². The van der Waals surface area contributed by atoms with E-state index in [1.54, 1.807) is 31.2 Å². The predicted molar refractivity (Wildman–Crippen MR) is 107 cm³/mol. The van der Waals surface area contributed by atoms with Gasteiger partial charge in [0.1, 0.15) is 11.6 Å². The second-order valence-corrected chi connectivity index (χ2v) is 6.74. The molecule has 0 unspecified atom stereocenters. The summed E-state index contributed by atoms with van der Waals surface area (Å²) in [6.07, 6.45) is 0. The van der Waals surface area contributed by atoms with Crippen LogP contribution in [-0.2, 0) is 11.3 Å². The van der Waals surface area contributed by atoms with Crippen LogP contribution in [0, 0.1) is 5.82 Å². The quantitative estimate of drug-likeness (QED) is 0.565. The van der Waals surface area contributed by atoms with Crippen molar-refractivity contribution < 1.29 is 18.7 Å². The van der Waals surface area contributed by atoms with Crippen molar-refractivity contribution >= 4 is 38.5 Å². The number of carbonyl (C=O) groups excluding carboxylic acids is 2. The van der Waals surface area contributed by atoms with Crippen molar-refractivity contribution in [3.05, 3.63) is 68.8 Å². The third-order valence-electron chi connectivity index (χ3n) is 3.95. The molecule has 0 atom stereocenters. The maximum absolute atomic E-state index is 13.1. The second kappa shape index (κ2) is 8.82. The number of aromatic nitrogens is 2. The lowest BCUT2D eigenvalue weighted by molar-refractivity contribution is -0.123. The average molecular weight is 463 g/mol. The zero-order valence-corrected chi connectivity index (χ0v) is 16.8. The molecule has 2 N–H and O–H groups in total. The van der Waals surface area contributed by atoms with Gasteiger partial charge in [-0.2, -0.15) is 5.10 Å². The maximum atomic E-state index is 13.1. The number of benzene rings is 2.